The minimum atomic E-state index is -1.04. The number of anilines is 2. The standard InChI is InChI=1S/C20H18FN3O/c21-13-20(25)24-19-4-2-1-3-18(19)16-5-7-17(8-6-16)23-14-15-9-11-22-12-10-15/h1-12,23H,13-14H2,(H,24,25). The van der Waals surface area contributed by atoms with Gasteiger partial charge in [-0.3, -0.25) is 9.78 Å². The summed E-state index contributed by atoms with van der Waals surface area (Å²) in [7, 11) is 0. The summed E-state index contributed by atoms with van der Waals surface area (Å²) >= 11 is 0. The second-order valence-corrected chi connectivity index (χ2v) is 5.51. The van der Waals surface area contributed by atoms with Gasteiger partial charge in [0.1, 0.15) is 0 Å². The van der Waals surface area contributed by atoms with Gasteiger partial charge < -0.3 is 10.6 Å². The van der Waals surface area contributed by atoms with Gasteiger partial charge in [-0.15, -0.1) is 0 Å². The van der Waals surface area contributed by atoms with Crippen molar-refractivity contribution in [3.63, 3.8) is 0 Å². The maximum Gasteiger partial charge on any atom is 0.255 e. The Kier molecular flexibility index (Phi) is 5.36. The van der Waals surface area contributed by atoms with Gasteiger partial charge in [-0.1, -0.05) is 30.3 Å². The van der Waals surface area contributed by atoms with Crippen molar-refractivity contribution >= 4 is 17.3 Å². The Morgan fingerprint density at radius 1 is 0.960 bits per heavy atom. The lowest BCUT2D eigenvalue weighted by molar-refractivity contribution is -0.117. The highest BCUT2D eigenvalue weighted by Crippen LogP contribution is 2.28. The van der Waals surface area contributed by atoms with Gasteiger partial charge in [-0.25, -0.2) is 4.39 Å². The van der Waals surface area contributed by atoms with E-state index in [9.17, 15) is 9.18 Å². The SMILES string of the molecule is O=C(CF)Nc1ccccc1-c1ccc(NCc2ccncc2)cc1. The first-order chi connectivity index (χ1) is 12.3. The van der Waals surface area contributed by atoms with Crippen LogP contribution in [0.4, 0.5) is 15.8 Å². The van der Waals surface area contributed by atoms with Crippen LogP contribution in [0.25, 0.3) is 11.1 Å². The molecule has 0 spiro atoms. The number of carbonyl (C=O) groups excluding carboxylic acids is 1. The Morgan fingerprint density at radius 3 is 2.40 bits per heavy atom. The maximum atomic E-state index is 12.5. The fourth-order valence-corrected chi connectivity index (χ4v) is 2.50. The van der Waals surface area contributed by atoms with Crippen molar-refractivity contribution in [1.82, 2.24) is 4.98 Å². The van der Waals surface area contributed by atoms with Crippen LogP contribution in [0.15, 0.2) is 73.1 Å². The molecular formula is C20H18FN3O. The van der Waals surface area contributed by atoms with Crippen molar-refractivity contribution in [2.45, 2.75) is 6.54 Å². The van der Waals surface area contributed by atoms with E-state index in [1.165, 1.54) is 0 Å². The largest absolute Gasteiger partial charge is 0.381 e. The zero-order valence-electron chi connectivity index (χ0n) is 13.6. The predicted octanol–water partition coefficient (Wildman–Crippen LogP) is 4.27. The average Bonchev–Trinajstić information content (AvgIpc) is 2.68. The number of nitrogens with one attached hydrogen (secondary N) is 2. The second kappa shape index (κ2) is 8.06. The van der Waals surface area contributed by atoms with Gasteiger partial charge in [-0.2, -0.15) is 0 Å². The summed E-state index contributed by atoms with van der Waals surface area (Å²) in [6, 6.07) is 19.2. The molecule has 4 nitrogen and oxygen atoms in total. The Balaban J connectivity index is 1.73. The third-order valence-corrected chi connectivity index (χ3v) is 3.76. The van der Waals surface area contributed by atoms with Crippen molar-refractivity contribution in [2.24, 2.45) is 0 Å². The van der Waals surface area contributed by atoms with Crippen molar-refractivity contribution < 1.29 is 9.18 Å². The van der Waals surface area contributed by atoms with E-state index in [0.717, 1.165) is 22.4 Å². The van der Waals surface area contributed by atoms with Crippen LogP contribution in [0.3, 0.4) is 0 Å². The highest BCUT2D eigenvalue weighted by Gasteiger charge is 2.08. The lowest BCUT2D eigenvalue weighted by Gasteiger charge is -2.11. The molecule has 0 aliphatic carbocycles. The first-order valence-electron chi connectivity index (χ1n) is 7.94. The molecular weight excluding hydrogens is 317 g/mol. The highest BCUT2D eigenvalue weighted by molar-refractivity contribution is 5.96. The number of hydrogen-bond acceptors (Lipinski definition) is 3. The molecule has 1 aromatic heterocycles. The van der Waals surface area contributed by atoms with Crippen LogP contribution in [0.2, 0.25) is 0 Å². The van der Waals surface area contributed by atoms with E-state index >= 15 is 0 Å². The topological polar surface area (TPSA) is 54.0 Å². The third kappa shape index (κ3) is 4.41. The number of amides is 1. The van der Waals surface area contributed by atoms with Gasteiger partial charge >= 0.3 is 0 Å². The molecule has 1 amide bonds. The summed E-state index contributed by atoms with van der Waals surface area (Å²) in [4.78, 5) is 15.3. The lowest BCUT2D eigenvalue weighted by atomic mass is 10.0. The number of carbonyl (C=O) groups is 1. The molecule has 0 fully saturated rings. The number of alkyl halides is 1. The quantitative estimate of drug-likeness (QED) is 0.707. The van der Waals surface area contributed by atoms with E-state index in [-0.39, 0.29) is 0 Å². The van der Waals surface area contributed by atoms with E-state index in [1.54, 1.807) is 18.5 Å². The molecule has 0 bridgehead atoms. The molecule has 0 saturated heterocycles. The van der Waals surface area contributed by atoms with E-state index in [1.807, 2.05) is 54.6 Å². The summed E-state index contributed by atoms with van der Waals surface area (Å²) in [5.74, 6) is -0.650. The molecule has 5 heteroatoms. The Hall–Kier alpha value is -3.21. The predicted molar refractivity (Wildman–Crippen MR) is 98.0 cm³/mol. The fourth-order valence-electron chi connectivity index (χ4n) is 2.50. The zero-order chi connectivity index (χ0) is 17.5. The van der Waals surface area contributed by atoms with E-state index in [0.29, 0.717) is 12.2 Å². The van der Waals surface area contributed by atoms with Crippen LogP contribution in [-0.2, 0) is 11.3 Å². The molecule has 0 radical (unpaired) electrons. The van der Waals surface area contributed by atoms with E-state index < -0.39 is 12.6 Å². The number of rotatable bonds is 6. The number of hydrogen-bond donors (Lipinski definition) is 2. The van der Waals surface area contributed by atoms with Gasteiger partial charge in [0.25, 0.3) is 5.91 Å². The van der Waals surface area contributed by atoms with Gasteiger partial charge in [-0.05, 0) is 41.5 Å². The minimum absolute atomic E-state index is 0.600. The van der Waals surface area contributed by atoms with Crippen LogP contribution in [0.1, 0.15) is 5.56 Å². The lowest BCUT2D eigenvalue weighted by Crippen LogP contribution is -2.13. The van der Waals surface area contributed by atoms with Crippen molar-refractivity contribution in [3.8, 4) is 11.1 Å². The summed E-state index contributed by atoms with van der Waals surface area (Å²) < 4.78 is 12.5. The molecule has 0 atom stereocenters. The number of nitrogens with zero attached hydrogens (tertiary/aromatic N) is 1. The molecule has 0 aliphatic rings. The molecule has 25 heavy (non-hydrogen) atoms. The molecule has 0 saturated carbocycles. The fraction of sp³-hybridized carbons (Fsp3) is 0.100. The number of benzene rings is 2. The normalized spacial score (nSPS) is 10.3. The molecule has 3 aromatic rings. The van der Waals surface area contributed by atoms with Crippen molar-refractivity contribution in [3.05, 3.63) is 78.6 Å². The second-order valence-electron chi connectivity index (χ2n) is 5.51. The number of pyridine rings is 1. The van der Waals surface area contributed by atoms with Gasteiger partial charge in [0, 0.05) is 35.9 Å². The summed E-state index contributed by atoms with van der Waals surface area (Å²) in [6.45, 7) is -0.322. The number of aromatic nitrogens is 1. The van der Waals surface area contributed by atoms with Crippen LogP contribution >= 0.6 is 0 Å². The smallest absolute Gasteiger partial charge is 0.255 e. The molecule has 0 aliphatic heterocycles. The van der Waals surface area contributed by atoms with Crippen molar-refractivity contribution in [1.29, 1.82) is 0 Å². The molecule has 2 aromatic carbocycles. The van der Waals surface area contributed by atoms with Gasteiger partial charge in [0.15, 0.2) is 6.67 Å². The molecule has 126 valence electrons. The van der Waals surface area contributed by atoms with Crippen LogP contribution in [-0.4, -0.2) is 17.6 Å². The first-order valence-corrected chi connectivity index (χ1v) is 7.94. The zero-order valence-corrected chi connectivity index (χ0v) is 13.6. The van der Waals surface area contributed by atoms with Crippen LogP contribution in [0.5, 0.6) is 0 Å². The van der Waals surface area contributed by atoms with Crippen molar-refractivity contribution in [2.75, 3.05) is 17.3 Å². The minimum Gasteiger partial charge on any atom is -0.381 e. The monoisotopic (exact) mass is 335 g/mol. The summed E-state index contributed by atoms with van der Waals surface area (Å²) in [6.07, 6.45) is 3.53. The molecule has 3 rings (SSSR count). The molecule has 1 heterocycles. The Labute approximate surface area is 145 Å². The van der Waals surface area contributed by atoms with E-state index in [2.05, 4.69) is 15.6 Å². The number of halogens is 1. The average molecular weight is 335 g/mol. The molecule has 2 N–H and O–H groups in total. The van der Waals surface area contributed by atoms with Gasteiger partial charge in [0.2, 0.25) is 0 Å². The number of para-hydroxylation sites is 1. The third-order valence-electron chi connectivity index (χ3n) is 3.76. The van der Waals surface area contributed by atoms with Crippen LogP contribution in [0, 0.1) is 0 Å². The summed E-state index contributed by atoms with van der Waals surface area (Å²) in [5.41, 5.74) is 4.54. The molecule has 0 unspecified atom stereocenters. The Morgan fingerprint density at radius 2 is 1.68 bits per heavy atom. The highest BCUT2D eigenvalue weighted by atomic mass is 19.1. The first kappa shape index (κ1) is 16.6. The van der Waals surface area contributed by atoms with Crippen LogP contribution < -0.4 is 10.6 Å². The maximum absolute atomic E-state index is 12.5. The van der Waals surface area contributed by atoms with Gasteiger partial charge in [0.05, 0.1) is 0 Å². The van der Waals surface area contributed by atoms with E-state index in [4.69, 9.17) is 0 Å². The Bertz CT molecular complexity index is 835. The summed E-state index contributed by atoms with van der Waals surface area (Å²) in [5, 5.41) is 5.93.